The summed E-state index contributed by atoms with van der Waals surface area (Å²) in [6.45, 7) is 2.67. The van der Waals surface area contributed by atoms with Crippen LogP contribution in [-0.4, -0.2) is 17.3 Å². The average molecular weight is 284 g/mol. The average Bonchev–Trinajstić information content (AvgIpc) is 2.55. The molecule has 0 aromatic heterocycles. The van der Waals surface area contributed by atoms with Crippen LogP contribution in [0.4, 0.5) is 0 Å². The van der Waals surface area contributed by atoms with Crippen molar-refractivity contribution in [1.82, 2.24) is 0 Å². The molecule has 1 aliphatic rings. The Morgan fingerprint density at radius 2 is 1.76 bits per heavy atom. The molecule has 1 N–H and O–H groups in total. The van der Waals surface area contributed by atoms with Gasteiger partial charge in [-0.05, 0) is 36.1 Å². The van der Waals surface area contributed by atoms with Crippen LogP contribution in [0.15, 0.2) is 42.5 Å². The molecule has 1 unspecified atom stereocenters. The molecule has 2 aromatic carbocycles. The fraction of sp³-hybridized carbons (Fsp3) is 0.474. The summed E-state index contributed by atoms with van der Waals surface area (Å²) in [6, 6.07) is 14.4. The summed E-state index contributed by atoms with van der Waals surface area (Å²) >= 11 is 0. The van der Waals surface area contributed by atoms with E-state index < -0.39 is 11.7 Å². The number of ether oxygens (including phenoxy) is 1. The smallest absolute Gasteiger partial charge is 0.109 e. The van der Waals surface area contributed by atoms with Gasteiger partial charge in [0.2, 0.25) is 0 Å². The molecule has 112 valence electrons. The van der Waals surface area contributed by atoms with Gasteiger partial charge in [0, 0.05) is 6.61 Å². The molecule has 2 aromatic rings. The highest BCUT2D eigenvalue weighted by atomic mass is 16.5. The second kappa shape index (κ2) is 6.17. The predicted octanol–water partition coefficient (Wildman–Crippen LogP) is 4.61. The minimum Gasteiger partial charge on any atom is -0.385 e. The van der Waals surface area contributed by atoms with Crippen molar-refractivity contribution in [2.24, 2.45) is 0 Å². The second-order valence-corrected chi connectivity index (χ2v) is 6.03. The summed E-state index contributed by atoms with van der Waals surface area (Å²) < 4.78 is 6.09. The molecule has 0 amide bonds. The van der Waals surface area contributed by atoms with Crippen molar-refractivity contribution in [2.45, 2.75) is 50.7 Å². The van der Waals surface area contributed by atoms with E-state index in [1.807, 2.05) is 31.2 Å². The van der Waals surface area contributed by atoms with Crippen molar-refractivity contribution in [1.29, 1.82) is 0 Å². The Kier molecular flexibility index (Phi) is 4.27. The summed E-state index contributed by atoms with van der Waals surface area (Å²) in [7, 11) is 0. The largest absolute Gasteiger partial charge is 0.385 e. The van der Waals surface area contributed by atoms with Crippen molar-refractivity contribution < 1.29 is 9.84 Å². The molecule has 3 rings (SSSR count). The molecule has 2 nitrogen and oxygen atoms in total. The lowest BCUT2D eigenvalue weighted by Crippen LogP contribution is -2.41. The molecule has 0 spiro atoms. The highest BCUT2D eigenvalue weighted by Crippen LogP contribution is 2.43. The van der Waals surface area contributed by atoms with Crippen LogP contribution < -0.4 is 0 Å². The Bertz CT molecular complexity index is 589. The van der Waals surface area contributed by atoms with E-state index in [0.29, 0.717) is 6.61 Å². The van der Waals surface area contributed by atoms with Crippen LogP contribution in [0, 0.1) is 0 Å². The number of aliphatic hydroxyl groups is 1. The third-order valence-electron chi connectivity index (χ3n) is 4.75. The minimum atomic E-state index is -0.552. The van der Waals surface area contributed by atoms with E-state index in [-0.39, 0.29) is 0 Å². The topological polar surface area (TPSA) is 29.5 Å². The number of hydrogen-bond donors (Lipinski definition) is 1. The van der Waals surface area contributed by atoms with Gasteiger partial charge in [0.1, 0.15) is 6.10 Å². The molecule has 0 heterocycles. The monoisotopic (exact) mass is 284 g/mol. The maximum absolute atomic E-state index is 11.1. The number of fused-ring (bicyclic) bond motifs is 1. The van der Waals surface area contributed by atoms with Crippen molar-refractivity contribution >= 4 is 10.8 Å². The Labute approximate surface area is 126 Å². The number of rotatable bonds is 4. The van der Waals surface area contributed by atoms with Gasteiger partial charge < -0.3 is 9.84 Å². The fourth-order valence-electron chi connectivity index (χ4n) is 3.71. The van der Waals surface area contributed by atoms with Gasteiger partial charge in [-0.25, -0.2) is 0 Å². The van der Waals surface area contributed by atoms with Crippen molar-refractivity contribution in [2.75, 3.05) is 6.61 Å². The third-order valence-corrected chi connectivity index (χ3v) is 4.75. The van der Waals surface area contributed by atoms with E-state index in [1.165, 1.54) is 11.8 Å². The quantitative estimate of drug-likeness (QED) is 0.888. The maximum atomic E-state index is 11.1. The lowest BCUT2D eigenvalue weighted by Gasteiger charge is -2.41. The summed E-state index contributed by atoms with van der Waals surface area (Å²) in [6.07, 6.45) is 4.88. The molecular formula is C19H24O2. The Balaban J connectivity index is 2.03. The molecule has 0 radical (unpaired) electrons. The first-order valence-corrected chi connectivity index (χ1v) is 8.06. The third kappa shape index (κ3) is 2.70. The SMILES string of the molecule is CCOC1(C(O)c2cccc3ccccc23)CCCCC1. The molecule has 1 fully saturated rings. The molecule has 0 bridgehead atoms. The van der Waals surface area contributed by atoms with Crippen LogP contribution in [0.3, 0.4) is 0 Å². The molecule has 1 aliphatic carbocycles. The van der Waals surface area contributed by atoms with Crippen molar-refractivity contribution in [3.63, 3.8) is 0 Å². The normalized spacial score (nSPS) is 19.5. The van der Waals surface area contributed by atoms with Crippen LogP contribution in [0.5, 0.6) is 0 Å². The van der Waals surface area contributed by atoms with E-state index in [2.05, 4.69) is 18.2 Å². The highest BCUT2D eigenvalue weighted by molar-refractivity contribution is 5.86. The lowest BCUT2D eigenvalue weighted by atomic mass is 9.77. The zero-order chi connectivity index (χ0) is 14.7. The summed E-state index contributed by atoms with van der Waals surface area (Å²) in [5.74, 6) is 0. The molecule has 0 saturated heterocycles. The van der Waals surface area contributed by atoms with Crippen molar-refractivity contribution in [3.8, 4) is 0 Å². The van der Waals surface area contributed by atoms with Gasteiger partial charge in [0.25, 0.3) is 0 Å². The lowest BCUT2D eigenvalue weighted by molar-refractivity contribution is -0.141. The summed E-state index contributed by atoms with van der Waals surface area (Å²) in [5.41, 5.74) is 0.598. The van der Waals surface area contributed by atoms with E-state index in [4.69, 9.17) is 4.74 Å². The summed E-state index contributed by atoms with van der Waals surface area (Å²) in [5, 5.41) is 13.4. The van der Waals surface area contributed by atoms with E-state index in [1.54, 1.807) is 0 Å². The zero-order valence-corrected chi connectivity index (χ0v) is 12.7. The zero-order valence-electron chi connectivity index (χ0n) is 12.7. The van der Waals surface area contributed by atoms with E-state index in [9.17, 15) is 5.11 Å². The first-order valence-electron chi connectivity index (χ1n) is 8.06. The summed E-state index contributed by atoms with van der Waals surface area (Å²) in [4.78, 5) is 0. The van der Waals surface area contributed by atoms with Gasteiger partial charge in [-0.2, -0.15) is 0 Å². The van der Waals surface area contributed by atoms with Crippen LogP contribution >= 0.6 is 0 Å². The van der Waals surface area contributed by atoms with E-state index in [0.717, 1.165) is 36.6 Å². The number of aliphatic hydroxyl groups excluding tert-OH is 1. The van der Waals surface area contributed by atoms with Crippen LogP contribution in [0.25, 0.3) is 10.8 Å². The fourth-order valence-corrected chi connectivity index (χ4v) is 3.71. The maximum Gasteiger partial charge on any atom is 0.109 e. The van der Waals surface area contributed by atoms with Gasteiger partial charge in [-0.15, -0.1) is 0 Å². The van der Waals surface area contributed by atoms with Crippen molar-refractivity contribution in [3.05, 3.63) is 48.0 Å². The standard InChI is InChI=1S/C19H24O2/c1-2-21-19(13-6-3-7-14-19)18(20)17-12-8-10-15-9-4-5-11-16(15)17/h4-5,8-12,18,20H,2-3,6-7,13-14H2,1H3. The minimum absolute atomic E-state index is 0.406. The number of benzene rings is 2. The molecule has 1 atom stereocenters. The Morgan fingerprint density at radius 1 is 1.05 bits per heavy atom. The first kappa shape index (κ1) is 14.6. The number of hydrogen-bond acceptors (Lipinski definition) is 2. The van der Waals surface area contributed by atoms with E-state index >= 15 is 0 Å². The van der Waals surface area contributed by atoms with Crippen LogP contribution in [0.1, 0.15) is 50.7 Å². The van der Waals surface area contributed by atoms with Gasteiger partial charge in [0.15, 0.2) is 0 Å². The van der Waals surface area contributed by atoms with Gasteiger partial charge in [0.05, 0.1) is 5.60 Å². The Morgan fingerprint density at radius 3 is 2.52 bits per heavy atom. The predicted molar refractivity (Wildman–Crippen MR) is 86.3 cm³/mol. The first-order chi connectivity index (χ1) is 10.3. The van der Waals surface area contributed by atoms with Crippen LogP contribution in [-0.2, 0) is 4.74 Å². The molecule has 1 saturated carbocycles. The van der Waals surface area contributed by atoms with Gasteiger partial charge >= 0.3 is 0 Å². The molecular weight excluding hydrogens is 260 g/mol. The molecule has 0 aliphatic heterocycles. The Hall–Kier alpha value is -1.38. The second-order valence-electron chi connectivity index (χ2n) is 6.03. The van der Waals surface area contributed by atoms with Gasteiger partial charge in [-0.3, -0.25) is 0 Å². The molecule has 2 heteroatoms. The van der Waals surface area contributed by atoms with Gasteiger partial charge in [-0.1, -0.05) is 61.7 Å². The highest BCUT2D eigenvalue weighted by Gasteiger charge is 2.41. The van der Waals surface area contributed by atoms with Crippen LogP contribution in [0.2, 0.25) is 0 Å². The molecule has 21 heavy (non-hydrogen) atoms.